The number of aromatic nitrogens is 5. The van der Waals surface area contributed by atoms with Crippen LogP contribution in [-0.2, 0) is 0 Å². The second-order valence-corrected chi connectivity index (χ2v) is 4.07. The van der Waals surface area contributed by atoms with Crippen molar-refractivity contribution in [3.05, 3.63) is 12.0 Å². The fraction of sp³-hybridized carbons (Fsp3) is 0.455. The maximum absolute atomic E-state index is 5.54. The van der Waals surface area contributed by atoms with E-state index in [1.165, 1.54) is 0 Å². The zero-order chi connectivity index (χ0) is 13.1. The minimum atomic E-state index is 0.108. The lowest BCUT2D eigenvalue weighted by molar-refractivity contribution is 0.609. The van der Waals surface area contributed by atoms with E-state index in [1.54, 1.807) is 6.20 Å². The van der Waals surface area contributed by atoms with Crippen LogP contribution in [0, 0.1) is 0 Å². The van der Waals surface area contributed by atoms with Gasteiger partial charge < -0.3 is 16.5 Å². The van der Waals surface area contributed by atoms with Crippen molar-refractivity contribution >= 4 is 11.9 Å². The summed E-state index contributed by atoms with van der Waals surface area (Å²) in [6.45, 7) is 4.27. The first-order valence-electron chi connectivity index (χ1n) is 5.96. The highest BCUT2D eigenvalue weighted by molar-refractivity contribution is 5.51. The van der Waals surface area contributed by atoms with Crippen LogP contribution in [0.3, 0.4) is 0 Å². The molecule has 2 aromatic rings. The maximum atomic E-state index is 5.54. The largest absolute Gasteiger partial charge is 0.368 e. The molecule has 0 aliphatic carbocycles. The molecule has 0 unspecified atom stereocenters. The van der Waals surface area contributed by atoms with Crippen LogP contribution in [0.4, 0.5) is 11.9 Å². The minimum absolute atomic E-state index is 0.108. The van der Waals surface area contributed by atoms with Gasteiger partial charge in [-0.25, -0.2) is 4.98 Å². The van der Waals surface area contributed by atoms with Gasteiger partial charge in [0.1, 0.15) is 11.5 Å². The summed E-state index contributed by atoms with van der Waals surface area (Å²) in [5.41, 5.74) is 11.8. The Bertz CT molecular complexity index is 510. The number of H-pyrrole nitrogens is 1. The Kier molecular flexibility index (Phi) is 3.40. The maximum Gasteiger partial charge on any atom is 0.225 e. The lowest BCUT2D eigenvalue weighted by atomic mass is 10.0. The lowest BCUT2D eigenvalue weighted by Crippen LogP contribution is -2.04. The molecular formula is C11H17N7. The van der Waals surface area contributed by atoms with Crippen LogP contribution >= 0.6 is 0 Å². The van der Waals surface area contributed by atoms with Crippen molar-refractivity contribution in [1.82, 2.24) is 24.9 Å². The zero-order valence-corrected chi connectivity index (χ0v) is 10.5. The molecule has 2 rings (SSSR count). The van der Waals surface area contributed by atoms with E-state index in [0.29, 0.717) is 17.4 Å². The van der Waals surface area contributed by atoms with E-state index >= 15 is 0 Å². The first-order valence-corrected chi connectivity index (χ1v) is 5.96. The van der Waals surface area contributed by atoms with Crippen molar-refractivity contribution in [3.63, 3.8) is 0 Å². The Morgan fingerprint density at radius 1 is 1.11 bits per heavy atom. The Morgan fingerprint density at radius 3 is 2.28 bits per heavy atom. The molecule has 0 aliphatic heterocycles. The smallest absolute Gasteiger partial charge is 0.225 e. The molecule has 96 valence electrons. The number of hydrogen-bond acceptors (Lipinski definition) is 6. The van der Waals surface area contributed by atoms with Crippen molar-refractivity contribution in [2.45, 2.75) is 32.6 Å². The summed E-state index contributed by atoms with van der Waals surface area (Å²) >= 11 is 0. The van der Waals surface area contributed by atoms with Gasteiger partial charge >= 0.3 is 0 Å². The molecule has 0 aliphatic rings. The van der Waals surface area contributed by atoms with Gasteiger partial charge in [-0.3, -0.25) is 0 Å². The third-order valence-corrected chi connectivity index (χ3v) is 2.88. The quantitative estimate of drug-likeness (QED) is 0.749. The number of nitrogens with one attached hydrogen (secondary N) is 1. The first kappa shape index (κ1) is 12.3. The van der Waals surface area contributed by atoms with Crippen LogP contribution in [0.2, 0.25) is 0 Å². The summed E-state index contributed by atoms with van der Waals surface area (Å²) in [6.07, 6.45) is 3.76. The highest BCUT2D eigenvalue weighted by Crippen LogP contribution is 2.22. The summed E-state index contributed by atoms with van der Waals surface area (Å²) in [5, 5.41) is 0. The van der Waals surface area contributed by atoms with Crippen LogP contribution in [0.1, 0.15) is 38.4 Å². The number of nitrogens with two attached hydrogens (primary N) is 2. The van der Waals surface area contributed by atoms with Crippen LogP contribution < -0.4 is 11.5 Å². The van der Waals surface area contributed by atoms with Crippen molar-refractivity contribution in [3.8, 4) is 11.5 Å². The Hall–Kier alpha value is -2.18. The second kappa shape index (κ2) is 4.99. The van der Waals surface area contributed by atoms with Gasteiger partial charge in [0, 0.05) is 5.92 Å². The average molecular weight is 247 g/mol. The Balaban J connectivity index is 2.34. The topological polar surface area (TPSA) is 119 Å². The molecule has 0 amide bonds. The second-order valence-electron chi connectivity index (χ2n) is 4.07. The lowest BCUT2D eigenvalue weighted by Gasteiger charge is -2.07. The average Bonchev–Trinajstić information content (AvgIpc) is 2.79. The molecule has 7 nitrogen and oxygen atoms in total. The van der Waals surface area contributed by atoms with Gasteiger partial charge in [0.25, 0.3) is 0 Å². The van der Waals surface area contributed by atoms with E-state index in [1.807, 2.05) is 0 Å². The van der Waals surface area contributed by atoms with E-state index in [2.05, 4.69) is 38.8 Å². The molecule has 0 saturated heterocycles. The Morgan fingerprint density at radius 2 is 1.72 bits per heavy atom. The van der Waals surface area contributed by atoms with Crippen molar-refractivity contribution in [2.75, 3.05) is 11.5 Å². The highest BCUT2D eigenvalue weighted by atomic mass is 15.1. The van der Waals surface area contributed by atoms with Gasteiger partial charge in [-0.05, 0) is 12.8 Å². The summed E-state index contributed by atoms with van der Waals surface area (Å²) in [4.78, 5) is 19.4. The first-order chi connectivity index (χ1) is 8.63. The van der Waals surface area contributed by atoms with Gasteiger partial charge in [-0.1, -0.05) is 13.8 Å². The van der Waals surface area contributed by atoms with Crippen LogP contribution in [0.5, 0.6) is 0 Å². The zero-order valence-electron chi connectivity index (χ0n) is 10.5. The van der Waals surface area contributed by atoms with Crippen molar-refractivity contribution in [2.24, 2.45) is 0 Å². The fourth-order valence-corrected chi connectivity index (χ4v) is 1.86. The number of anilines is 2. The van der Waals surface area contributed by atoms with E-state index in [-0.39, 0.29) is 11.9 Å². The van der Waals surface area contributed by atoms with Gasteiger partial charge in [0.15, 0.2) is 5.82 Å². The number of hydrogen-bond donors (Lipinski definition) is 3. The van der Waals surface area contributed by atoms with Crippen LogP contribution in [0.15, 0.2) is 6.20 Å². The SMILES string of the molecule is CCC(CC)c1ncc(-c2nc(N)nc(N)n2)[nH]1. The van der Waals surface area contributed by atoms with Crippen LogP contribution in [0.25, 0.3) is 11.5 Å². The number of rotatable bonds is 4. The third-order valence-electron chi connectivity index (χ3n) is 2.88. The van der Waals surface area contributed by atoms with Crippen molar-refractivity contribution in [1.29, 1.82) is 0 Å². The molecule has 0 radical (unpaired) electrons. The fourth-order valence-electron chi connectivity index (χ4n) is 1.86. The molecule has 2 aromatic heterocycles. The number of imidazole rings is 1. The van der Waals surface area contributed by atoms with Crippen molar-refractivity contribution < 1.29 is 0 Å². The van der Waals surface area contributed by atoms with E-state index in [4.69, 9.17) is 11.5 Å². The summed E-state index contributed by atoms with van der Waals surface area (Å²) < 4.78 is 0. The summed E-state index contributed by atoms with van der Waals surface area (Å²) in [7, 11) is 0. The van der Waals surface area contributed by atoms with Gasteiger partial charge in [-0.2, -0.15) is 15.0 Å². The molecular weight excluding hydrogens is 230 g/mol. The predicted octanol–water partition coefficient (Wildman–Crippen LogP) is 1.33. The van der Waals surface area contributed by atoms with E-state index < -0.39 is 0 Å². The number of nitrogens with zero attached hydrogens (tertiary/aromatic N) is 4. The number of nitrogen functional groups attached to an aromatic ring is 2. The van der Waals surface area contributed by atoms with Crippen LogP contribution in [-0.4, -0.2) is 24.9 Å². The Labute approximate surface area is 105 Å². The molecule has 5 N–H and O–H groups in total. The third kappa shape index (κ3) is 2.39. The molecule has 7 heteroatoms. The molecule has 0 aromatic carbocycles. The monoisotopic (exact) mass is 247 g/mol. The minimum Gasteiger partial charge on any atom is -0.368 e. The summed E-state index contributed by atoms with van der Waals surface area (Å²) in [5.74, 6) is 1.99. The highest BCUT2D eigenvalue weighted by Gasteiger charge is 2.13. The molecule has 0 bridgehead atoms. The van der Waals surface area contributed by atoms with Gasteiger partial charge in [0.2, 0.25) is 11.9 Å². The predicted molar refractivity (Wildman–Crippen MR) is 69.6 cm³/mol. The van der Waals surface area contributed by atoms with Gasteiger partial charge in [0.05, 0.1) is 6.20 Å². The molecule has 0 atom stereocenters. The normalized spacial score (nSPS) is 11.1. The molecule has 0 saturated carbocycles. The molecule has 0 fully saturated rings. The van der Waals surface area contributed by atoms with E-state index in [9.17, 15) is 0 Å². The molecule has 0 spiro atoms. The summed E-state index contributed by atoms with van der Waals surface area (Å²) in [6, 6.07) is 0. The molecule has 2 heterocycles. The molecule has 18 heavy (non-hydrogen) atoms. The van der Waals surface area contributed by atoms with E-state index in [0.717, 1.165) is 18.7 Å². The van der Waals surface area contributed by atoms with Gasteiger partial charge in [-0.15, -0.1) is 0 Å². The standard InChI is InChI=1S/C11H17N7/c1-3-6(4-2)8-14-5-7(15-8)9-16-10(12)18-11(13)17-9/h5-6H,3-4H2,1-2H3,(H,14,15)(H4,12,13,16,17,18). The number of aromatic amines is 1.